The number of likely N-dealkylation sites (N-methyl/N-ethyl adjacent to an activating group) is 1. The molecule has 2 nitrogen and oxygen atoms in total. The van der Waals surface area contributed by atoms with Gasteiger partial charge in [0.05, 0.1) is 0 Å². The number of rotatable bonds is 5. The molecule has 1 atom stereocenters. The lowest BCUT2D eigenvalue weighted by molar-refractivity contribution is 0.0972. The van der Waals surface area contributed by atoms with Crippen LogP contribution in [0.25, 0.3) is 0 Å². The third kappa shape index (κ3) is 2.79. The molecule has 0 bridgehead atoms. The highest BCUT2D eigenvalue weighted by atomic mass is 35.5. The number of halogens is 1. The van der Waals surface area contributed by atoms with E-state index >= 15 is 0 Å². The molecule has 0 N–H and O–H groups in total. The zero-order valence-corrected chi connectivity index (χ0v) is 13.3. The maximum atomic E-state index is 9.35. The SMILES string of the molecule is CC(C)C[C@@H](N(C)C#N)C1(c2ccc(Cl)cc2)CCC1. The monoisotopic (exact) mass is 290 g/mol. The first-order valence-corrected chi connectivity index (χ1v) is 7.76. The highest BCUT2D eigenvalue weighted by molar-refractivity contribution is 6.30. The van der Waals surface area contributed by atoms with Crippen LogP contribution in [0.1, 0.15) is 45.1 Å². The third-order valence-corrected chi connectivity index (χ3v) is 4.87. The topological polar surface area (TPSA) is 27.0 Å². The Balaban J connectivity index is 2.36. The van der Waals surface area contributed by atoms with Crippen molar-refractivity contribution < 1.29 is 0 Å². The molecule has 1 aromatic rings. The molecular weight excluding hydrogens is 268 g/mol. The van der Waals surface area contributed by atoms with E-state index < -0.39 is 0 Å². The number of benzene rings is 1. The first-order chi connectivity index (χ1) is 9.49. The molecule has 2 rings (SSSR count). The van der Waals surface area contributed by atoms with Crippen LogP contribution in [-0.4, -0.2) is 18.0 Å². The van der Waals surface area contributed by atoms with E-state index in [2.05, 4.69) is 32.2 Å². The maximum Gasteiger partial charge on any atom is 0.179 e. The Labute approximate surface area is 127 Å². The molecule has 1 fully saturated rings. The van der Waals surface area contributed by atoms with Gasteiger partial charge in [0, 0.05) is 23.5 Å². The van der Waals surface area contributed by atoms with E-state index in [0.717, 1.165) is 24.3 Å². The minimum atomic E-state index is 0.124. The van der Waals surface area contributed by atoms with E-state index in [1.807, 2.05) is 24.1 Å². The predicted molar refractivity (Wildman–Crippen MR) is 83.6 cm³/mol. The predicted octanol–water partition coefficient (Wildman–Crippen LogP) is 4.59. The van der Waals surface area contributed by atoms with Crippen molar-refractivity contribution in [2.45, 2.75) is 51.0 Å². The lowest BCUT2D eigenvalue weighted by atomic mass is 9.58. The summed E-state index contributed by atoms with van der Waals surface area (Å²) in [4.78, 5) is 1.85. The summed E-state index contributed by atoms with van der Waals surface area (Å²) < 4.78 is 0. The Morgan fingerprint density at radius 2 is 1.90 bits per heavy atom. The van der Waals surface area contributed by atoms with Crippen molar-refractivity contribution in [3.05, 3.63) is 34.9 Å². The first kappa shape index (κ1) is 15.2. The molecule has 0 amide bonds. The van der Waals surface area contributed by atoms with E-state index in [9.17, 15) is 5.26 Å². The molecule has 0 aliphatic heterocycles. The van der Waals surface area contributed by atoms with Gasteiger partial charge in [-0.25, -0.2) is 0 Å². The van der Waals surface area contributed by atoms with Crippen molar-refractivity contribution >= 4 is 11.6 Å². The number of hydrogen-bond donors (Lipinski definition) is 0. The van der Waals surface area contributed by atoms with Gasteiger partial charge in [-0.1, -0.05) is 44.0 Å². The van der Waals surface area contributed by atoms with Gasteiger partial charge < -0.3 is 4.90 Å². The van der Waals surface area contributed by atoms with Crippen molar-refractivity contribution in [1.82, 2.24) is 4.90 Å². The zero-order valence-electron chi connectivity index (χ0n) is 12.6. The summed E-state index contributed by atoms with van der Waals surface area (Å²) in [7, 11) is 1.92. The first-order valence-electron chi connectivity index (χ1n) is 7.38. The minimum absolute atomic E-state index is 0.124. The van der Waals surface area contributed by atoms with Crippen LogP contribution in [0.2, 0.25) is 5.02 Å². The molecule has 1 aromatic carbocycles. The van der Waals surface area contributed by atoms with Gasteiger partial charge in [-0.05, 0) is 42.9 Å². The molecular formula is C17H23ClN2. The van der Waals surface area contributed by atoms with Gasteiger partial charge in [-0.15, -0.1) is 0 Å². The summed E-state index contributed by atoms with van der Waals surface area (Å²) >= 11 is 6.01. The van der Waals surface area contributed by atoms with Crippen molar-refractivity contribution in [2.24, 2.45) is 5.92 Å². The lowest BCUT2D eigenvalue weighted by Gasteiger charge is -2.50. The standard InChI is InChI=1S/C17H23ClN2/c1-13(2)11-16(20(3)12-19)17(9-4-10-17)14-5-7-15(18)8-6-14/h5-8,13,16H,4,9-11H2,1-3H3/t16-/m1/s1. The van der Waals surface area contributed by atoms with Crippen LogP contribution >= 0.6 is 11.6 Å². The van der Waals surface area contributed by atoms with Crippen LogP contribution in [0.15, 0.2) is 24.3 Å². The molecule has 0 aromatic heterocycles. The van der Waals surface area contributed by atoms with Crippen LogP contribution in [0.4, 0.5) is 0 Å². The molecule has 20 heavy (non-hydrogen) atoms. The second-order valence-corrected chi connectivity index (χ2v) is 6.81. The summed E-state index contributed by atoms with van der Waals surface area (Å²) in [6.45, 7) is 4.46. The van der Waals surface area contributed by atoms with Crippen LogP contribution < -0.4 is 0 Å². The average molecular weight is 291 g/mol. The van der Waals surface area contributed by atoms with Crippen molar-refractivity contribution in [3.63, 3.8) is 0 Å². The van der Waals surface area contributed by atoms with E-state index in [-0.39, 0.29) is 11.5 Å². The molecule has 1 aliphatic rings. The fourth-order valence-electron chi connectivity index (χ4n) is 3.42. The Bertz CT molecular complexity index is 483. The normalized spacial score (nSPS) is 18.2. The molecule has 1 aliphatic carbocycles. The molecule has 1 saturated carbocycles. The summed E-state index contributed by atoms with van der Waals surface area (Å²) in [5.41, 5.74) is 1.46. The summed E-state index contributed by atoms with van der Waals surface area (Å²) in [5, 5.41) is 10.1. The van der Waals surface area contributed by atoms with Gasteiger partial charge in [0.1, 0.15) is 0 Å². The summed E-state index contributed by atoms with van der Waals surface area (Å²) in [6.07, 6.45) is 6.96. The molecule has 3 heteroatoms. The van der Waals surface area contributed by atoms with Crippen molar-refractivity contribution in [3.8, 4) is 6.19 Å². The third-order valence-electron chi connectivity index (χ3n) is 4.62. The van der Waals surface area contributed by atoms with Crippen molar-refractivity contribution in [1.29, 1.82) is 5.26 Å². The number of nitriles is 1. The molecule has 0 saturated heterocycles. The largest absolute Gasteiger partial charge is 0.310 e. The fourth-order valence-corrected chi connectivity index (χ4v) is 3.55. The number of nitrogens with zero attached hydrogens (tertiary/aromatic N) is 2. The van der Waals surface area contributed by atoms with E-state index in [1.165, 1.54) is 12.0 Å². The average Bonchev–Trinajstić information content (AvgIpc) is 2.37. The Morgan fingerprint density at radius 1 is 1.30 bits per heavy atom. The molecule has 0 unspecified atom stereocenters. The quantitative estimate of drug-likeness (QED) is 0.586. The molecule has 0 heterocycles. The molecule has 0 radical (unpaired) electrons. The van der Waals surface area contributed by atoms with E-state index in [1.54, 1.807) is 0 Å². The van der Waals surface area contributed by atoms with Gasteiger partial charge in [0.2, 0.25) is 0 Å². The van der Waals surface area contributed by atoms with Crippen LogP contribution in [0.3, 0.4) is 0 Å². The van der Waals surface area contributed by atoms with Crippen LogP contribution in [0, 0.1) is 17.4 Å². The molecule has 0 spiro atoms. The number of hydrogen-bond acceptors (Lipinski definition) is 2. The summed E-state index contributed by atoms with van der Waals surface area (Å²) in [6, 6.07) is 8.49. The zero-order chi connectivity index (χ0) is 14.8. The second kappa shape index (κ2) is 6.06. The van der Waals surface area contributed by atoms with Gasteiger partial charge in [-0.2, -0.15) is 5.26 Å². The van der Waals surface area contributed by atoms with Crippen LogP contribution in [-0.2, 0) is 5.41 Å². The highest BCUT2D eigenvalue weighted by Gasteiger charge is 2.47. The Hall–Kier alpha value is -1.20. The van der Waals surface area contributed by atoms with Crippen LogP contribution in [0.5, 0.6) is 0 Å². The minimum Gasteiger partial charge on any atom is -0.310 e. The maximum absolute atomic E-state index is 9.35. The van der Waals surface area contributed by atoms with Crippen molar-refractivity contribution in [2.75, 3.05) is 7.05 Å². The van der Waals surface area contributed by atoms with E-state index in [4.69, 9.17) is 11.6 Å². The second-order valence-electron chi connectivity index (χ2n) is 6.37. The fraction of sp³-hybridized carbons (Fsp3) is 0.588. The highest BCUT2D eigenvalue weighted by Crippen LogP contribution is 2.49. The van der Waals surface area contributed by atoms with Gasteiger partial charge in [0.25, 0.3) is 0 Å². The summed E-state index contributed by atoms with van der Waals surface area (Å²) in [5.74, 6) is 0.584. The Morgan fingerprint density at radius 3 is 2.30 bits per heavy atom. The Kier molecular flexibility index (Phi) is 4.60. The smallest absolute Gasteiger partial charge is 0.179 e. The van der Waals surface area contributed by atoms with Gasteiger partial charge in [-0.3, -0.25) is 0 Å². The molecule has 108 valence electrons. The van der Waals surface area contributed by atoms with Gasteiger partial charge >= 0.3 is 0 Å². The van der Waals surface area contributed by atoms with E-state index in [0.29, 0.717) is 5.92 Å². The van der Waals surface area contributed by atoms with Gasteiger partial charge in [0.15, 0.2) is 6.19 Å². The lowest BCUT2D eigenvalue weighted by Crippen LogP contribution is -2.52.